The molecule has 0 bridgehead atoms. The molecule has 0 radical (unpaired) electrons. The number of hydrogen-bond donors (Lipinski definition) is 1. The van der Waals surface area contributed by atoms with Gasteiger partial charge in [-0.05, 0) is 19.2 Å². The highest BCUT2D eigenvalue weighted by Crippen LogP contribution is 2.05. The van der Waals surface area contributed by atoms with Crippen molar-refractivity contribution in [3.05, 3.63) is 35.4 Å². The molecule has 0 aromatic heterocycles. The number of nitriles is 1. The third-order valence-electron chi connectivity index (χ3n) is 2.63. The molecule has 5 heteroatoms. The summed E-state index contributed by atoms with van der Waals surface area (Å²) in [7, 11) is 3.28. The van der Waals surface area contributed by atoms with Gasteiger partial charge in [0.1, 0.15) is 0 Å². The van der Waals surface area contributed by atoms with Crippen LogP contribution in [-0.4, -0.2) is 55.7 Å². The summed E-state index contributed by atoms with van der Waals surface area (Å²) in [5.41, 5.74) is 1.09. The SMILES string of the molecule is COCC(O)CN(C)CC(=O)c1ccc(C#N)cc1. The minimum absolute atomic E-state index is 0.0448. The van der Waals surface area contributed by atoms with Gasteiger partial charge in [-0.15, -0.1) is 0 Å². The minimum atomic E-state index is -0.608. The highest BCUT2D eigenvalue weighted by atomic mass is 16.5. The molecule has 0 aliphatic rings. The molecule has 1 rings (SSSR count). The average Bonchev–Trinajstić information content (AvgIpc) is 2.38. The summed E-state index contributed by atoms with van der Waals surface area (Å²) in [6.07, 6.45) is -0.608. The summed E-state index contributed by atoms with van der Waals surface area (Å²) in [6.45, 7) is 0.831. The van der Waals surface area contributed by atoms with E-state index in [0.29, 0.717) is 17.7 Å². The minimum Gasteiger partial charge on any atom is -0.389 e. The number of ether oxygens (including phenoxy) is 1. The molecule has 1 N–H and O–H groups in total. The first-order valence-corrected chi connectivity index (χ1v) is 5.95. The van der Waals surface area contributed by atoms with E-state index in [1.54, 1.807) is 36.2 Å². The van der Waals surface area contributed by atoms with Crippen LogP contribution in [0.15, 0.2) is 24.3 Å². The summed E-state index contributed by atoms with van der Waals surface area (Å²) < 4.78 is 4.83. The van der Waals surface area contributed by atoms with Gasteiger partial charge in [0.15, 0.2) is 5.78 Å². The van der Waals surface area contributed by atoms with E-state index in [1.165, 1.54) is 7.11 Å². The second kappa shape index (κ2) is 7.64. The third kappa shape index (κ3) is 5.18. The van der Waals surface area contributed by atoms with Crippen molar-refractivity contribution in [2.24, 2.45) is 0 Å². The highest BCUT2D eigenvalue weighted by Gasteiger charge is 2.12. The highest BCUT2D eigenvalue weighted by molar-refractivity contribution is 5.97. The quantitative estimate of drug-likeness (QED) is 0.731. The molecule has 0 fully saturated rings. The van der Waals surface area contributed by atoms with Gasteiger partial charge in [-0.3, -0.25) is 9.69 Å². The number of nitrogens with zero attached hydrogens (tertiary/aromatic N) is 2. The van der Waals surface area contributed by atoms with Crippen LogP contribution in [0.5, 0.6) is 0 Å². The Morgan fingerprint density at radius 1 is 1.47 bits per heavy atom. The Labute approximate surface area is 113 Å². The maximum atomic E-state index is 12.0. The van der Waals surface area contributed by atoms with Crippen LogP contribution in [0.2, 0.25) is 0 Å². The molecule has 0 amide bonds. The number of carbonyl (C=O) groups is 1. The van der Waals surface area contributed by atoms with E-state index in [9.17, 15) is 9.90 Å². The van der Waals surface area contributed by atoms with Gasteiger partial charge in [-0.1, -0.05) is 12.1 Å². The van der Waals surface area contributed by atoms with Crippen molar-refractivity contribution in [1.29, 1.82) is 5.26 Å². The van der Waals surface area contributed by atoms with Crippen molar-refractivity contribution in [3.8, 4) is 6.07 Å². The van der Waals surface area contributed by atoms with Crippen molar-refractivity contribution in [1.82, 2.24) is 4.90 Å². The van der Waals surface area contributed by atoms with Gasteiger partial charge in [0.05, 0.1) is 30.9 Å². The van der Waals surface area contributed by atoms with Crippen molar-refractivity contribution in [2.45, 2.75) is 6.10 Å². The number of ketones is 1. The van der Waals surface area contributed by atoms with Gasteiger partial charge in [0, 0.05) is 19.2 Å². The summed E-state index contributed by atoms with van der Waals surface area (Å²) in [6, 6.07) is 8.52. The van der Waals surface area contributed by atoms with Gasteiger partial charge in [-0.2, -0.15) is 5.26 Å². The molecule has 0 aliphatic heterocycles. The molecule has 1 unspecified atom stereocenters. The summed E-state index contributed by atoms with van der Waals surface area (Å²) >= 11 is 0. The van der Waals surface area contributed by atoms with Gasteiger partial charge < -0.3 is 9.84 Å². The molecule has 0 aliphatic carbocycles. The van der Waals surface area contributed by atoms with Gasteiger partial charge >= 0.3 is 0 Å². The molecule has 1 aromatic rings. The van der Waals surface area contributed by atoms with Crippen molar-refractivity contribution >= 4 is 5.78 Å². The number of carbonyl (C=O) groups excluding carboxylic acids is 1. The van der Waals surface area contributed by atoms with Crippen LogP contribution in [0.4, 0.5) is 0 Å². The van der Waals surface area contributed by atoms with Crippen LogP contribution >= 0.6 is 0 Å². The van der Waals surface area contributed by atoms with Crippen molar-refractivity contribution < 1.29 is 14.6 Å². The summed E-state index contributed by atoms with van der Waals surface area (Å²) in [4.78, 5) is 13.7. The fraction of sp³-hybridized carbons (Fsp3) is 0.429. The number of methoxy groups -OCH3 is 1. The number of rotatable bonds is 7. The molecule has 0 saturated heterocycles. The van der Waals surface area contributed by atoms with Gasteiger partial charge in [-0.25, -0.2) is 0 Å². The molecular formula is C14H18N2O3. The number of benzene rings is 1. The first-order valence-electron chi connectivity index (χ1n) is 5.95. The van der Waals surface area contributed by atoms with E-state index in [0.717, 1.165) is 0 Å². The Hall–Kier alpha value is -1.74. The zero-order valence-electron chi connectivity index (χ0n) is 11.2. The fourth-order valence-corrected chi connectivity index (χ4v) is 1.74. The molecule has 1 atom stereocenters. The van der Waals surface area contributed by atoms with E-state index in [2.05, 4.69) is 0 Å². The predicted molar refractivity (Wildman–Crippen MR) is 70.9 cm³/mol. The zero-order valence-corrected chi connectivity index (χ0v) is 11.2. The maximum Gasteiger partial charge on any atom is 0.176 e. The second-order valence-electron chi connectivity index (χ2n) is 4.42. The van der Waals surface area contributed by atoms with E-state index in [1.807, 2.05) is 6.07 Å². The molecule has 0 saturated carbocycles. The Morgan fingerprint density at radius 3 is 2.63 bits per heavy atom. The van der Waals surface area contributed by atoms with Crippen LogP contribution in [0.25, 0.3) is 0 Å². The lowest BCUT2D eigenvalue weighted by atomic mass is 10.1. The first-order chi connectivity index (χ1) is 9.06. The Kier molecular flexibility index (Phi) is 6.16. The number of aliphatic hydroxyl groups excluding tert-OH is 1. The van der Waals surface area contributed by atoms with Crippen molar-refractivity contribution in [2.75, 3.05) is 33.9 Å². The molecule has 19 heavy (non-hydrogen) atoms. The molecule has 1 aromatic carbocycles. The second-order valence-corrected chi connectivity index (χ2v) is 4.42. The van der Waals surface area contributed by atoms with E-state index >= 15 is 0 Å². The average molecular weight is 262 g/mol. The van der Waals surface area contributed by atoms with Crippen molar-refractivity contribution in [3.63, 3.8) is 0 Å². The fourth-order valence-electron chi connectivity index (χ4n) is 1.74. The van der Waals surface area contributed by atoms with Gasteiger partial charge in [0.2, 0.25) is 0 Å². The molecule has 0 heterocycles. The largest absolute Gasteiger partial charge is 0.389 e. The summed E-state index contributed by atoms with van der Waals surface area (Å²) in [5, 5.41) is 18.2. The van der Waals surface area contributed by atoms with E-state index in [-0.39, 0.29) is 18.9 Å². The topological polar surface area (TPSA) is 73.6 Å². The number of hydrogen-bond acceptors (Lipinski definition) is 5. The number of likely N-dealkylation sites (N-methyl/N-ethyl adjacent to an activating group) is 1. The lowest BCUT2D eigenvalue weighted by Crippen LogP contribution is -2.35. The molecule has 5 nitrogen and oxygen atoms in total. The van der Waals surface area contributed by atoms with Crippen LogP contribution in [0.3, 0.4) is 0 Å². The van der Waals surface area contributed by atoms with Crippen LogP contribution < -0.4 is 0 Å². The lowest BCUT2D eigenvalue weighted by molar-refractivity contribution is 0.0427. The molecule has 102 valence electrons. The standard InChI is InChI=1S/C14H18N2O3/c1-16(8-13(17)10-19-2)9-14(18)12-5-3-11(7-15)4-6-12/h3-6,13,17H,8-10H2,1-2H3. The number of aliphatic hydroxyl groups is 1. The van der Waals surface area contributed by atoms with Gasteiger partial charge in [0.25, 0.3) is 0 Å². The Morgan fingerprint density at radius 2 is 2.11 bits per heavy atom. The summed E-state index contributed by atoms with van der Waals surface area (Å²) in [5.74, 6) is -0.0448. The first kappa shape index (κ1) is 15.3. The zero-order chi connectivity index (χ0) is 14.3. The predicted octanol–water partition coefficient (Wildman–Crippen LogP) is 0.680. The van der Waals surface area contributed by atoms with Crippen LogP contribution in [0, 0.1) is 11.3 Å². The number of Topliss-reactive ketones (excluding diaryl/α,β-unsaturated/α-hetero) is 1. The third-order valence-corrected chi connectivity index (χ3v) is 2.63. The maximum absolute atomic E-state index is 12.0. The monoisotopic (exact) mass is 262 g/mol. The van der Waals surface area contributed by atoms with Crippen LogP contribution in [0.1, 0.15) is 15.9 Å². The van der Waals surface area contributed by atoms with E-state index < -0.39 is 6.10 Å². The Bertz CT molecular complexity index is 451. The lowest BCUT2D eigenvalue weighted by Gasteiger charge is -2.19. The van der Waals surface area contributed by atoms with E-state index in [4.69, 9.17) is 10.00 Å². The smallest absolute Gasteiger partial charge is 0.176 e. The Balaban J connectivity index is 2.51. The van der Waals surface area contributed by atoms with Crippen LogP contribution in [-0.2, 0) is 4.74 Å². The normalized spacial score (nSPS) is 12.2. The molecule has 0 spiro atoms. The molecular weight excluding hydrogens is 244 g/mol.